The fourth-order valence-electron chi connectivity index (χ4n) is 2.22. The summed E-state index contributed by atoms with van der Waals surface area (Å²) in [6, 6.07) is 11.5. The van der Waals surface area contributed by atoms with E-state index in [0.717, 1.165) is 5.56 Å². The molecule has 0 aliphatic carbocycles. The minimum Gasteiger partial charge on any atom is -0.332 e. The number of benzene rings is 2. The second-order valence-electron chi connectivity index (χ2n) is 5.22. The summed E-state index contributed by atoms with van der Waals surface area (Å²) in [6.45, 7) is 2.03. The summed E-state index contributed by atoms with van der Waals surface area (Å²) >= 11 is 11.9. The van der Waals surface area contributed by atoms with Crippen LogP contribution in [0, 0.1) is 10.1 Å². The Morgan fingerprint density at radius 3 is 2.67 bits per heavy atom. The van der Waals surface area contributed by atoms with Gasteiger partial charge >= 0.3 is 0 Å². The lowest BCUT2D eigenvalue weighted by atomic mass is 10.1. The van der Waals surface area contributed by atoms with Crippen molar-refractivity contribution >= 4 is 40.5 Å². The molecule has 0 aliphatic heterocycles. The Kier molecular flexibility index (Phi) is 6.14. The van der Waals surface area contributed by atoms with Gasteiger partial charge in [-0.2, -0.15) is 0 Å². The van der Waals surface area contributed by atoms with E-state index >= 15 is 0 Å². The number of nitro benzene ring substituents is 1. The number of nitrogens with two attached hydrogens (primary N) is 1. The molecule has 0 spiro atoms. The van der Waals surface area contributed by atoms with Crippen molar-refractivity contribution in [3.05, 3.63) is 68.2 Å². The van der Waals surface area contributed by atoms with Gasteiger partial charge in [0.25, 0.3) is 11.6 Å². The smallest absolute Gasteiger partial charge is 0.294 e. The summed E-state index contributed by atoms with van der Waals surface area (Å²) in [5.41, 5.74) is 0.799. The molecular weight excluding hydrogens is 353 g/mol. The van der Waals surface area contributed by atoms with Gasteiger partial charge in [0.1, 0.15) is 11.7 Å². The van der Waals surface area contributed by atoms with Gasteiger partial charge in [0.15, 0.2) is 6.54 Å². The van der Waals surface area contributed by atoms with Crippen molar-refractivity contribution in [3.8, 4) is 0 Å². The first kappa shape index (κ1) is 18.2. The van der Waals surface area contributed by atoms with Crippen molar-refractivity contribution < 1.29 is 15.0 Å². The molecule has 126 valence electrons. The molecule has 0 radical (unpaired) electrons. The molecule has 2 rings (SSSR count). The lowest BCUT2D eigenvalue weighted by Gasteiger charge is -2.12. The molecule has 1 atom stereocenters. The molecule has 2 aromatic rings. The molecule has 6 nitrogen and oxygen atoms in total. The molecule has 0 aliphatic rings. The van der Waals surface area contributed by atoms with Gasteiger partial charge in [-0.1, -0.05) is 41.4 Å². The van der Waals surface area contributed by atoms with Crippen LogP contribution in [0.3, 0.4) is 0 Å². The van der Waals surface area contributed by atoms with E-state index in [1.54, 1.807) is 11.4 Å². The SMILES string of the molecule is C[C@H]([NH2+]CC(=O)Nc1ccc(Cl)cc1[N+](=O)[O-])c1ccccc1Cl. The minimum atomic E-state index is -0.586. The average molecular weight is 369 g/mol. The maximum Gasteiger partial charge on any atom is 0.294 e. The molecule has 0 saturated carbocycles. The summed E-state index contributed by atoms with van der Waals surface area (Å²) in [5.74, 6) is -0.348. The Morgan fingerprint density at radius 2 is 2.00 bits per heavy atom. The van der Waals surface area contributed by atoms with Gasteiger partial charge in [0.05, 0.1) is 4.92 Å². The first-order valence-electron chi connectivity index (χ1n) is 7.20. The van der Waals surface area contributed by atoms with Crippen LogP contribution in [-0.2, 0) is 4.79 Å². The highest BCUT2D eigenvalue weighted by atomic mass is 35.5. The van der Waals surface area contributed by atoms with E-state index in [2.05, 4.69) is 5.32 Å². The molecule has 0 heterocycles. The fourth-order valence-corrected chi connectivity index (χ4v) is 2.69. The number of quaternary nitrogens is 1. The van der Waals surface area contributed by atoms with Crippen LogP contribution in [0.1, 0.15) is 18.5 Å². The van der Waals surface area contributed by atoms with Gasteiger partial charge in [-0.25, -0.2) is 0 Å². The van der Waals surface area contributed by atoms with Gasteiger partial charge in [0, 0.05) is 21.7 Å². The maximum atomic E-state index is 12.1. The van der Waals surface area contributed by atoms with Crippen LogP contribution < -0.4 is 10.6 Å². The molecule has 8 heteroatoms. The largest absolute Gasteiger partial charge is 0.332 e. The first-order valence-corrected chi connectivity index (χ1v) is 7.95. The first-order chi connectivity index (χ1) is 11.4. The predicted molar refractivity (Wildman–Crippen MR) is 93.4 cm³/mol. The molecule has 24 heavy (non-hydrogen) atoms. The number of nitrogens with zero attached hydrogens (tertiary/aromatic N) is 1. The highest BCUT2D eigenvalue weighted by molar-refractivity contribution is 6.31. The lowest BCUT2D eigenvalue weighted by Crippen LogP contribution is -2.86. The summed E-state index contributed by atoms with van der Waals surface area (Å²) in [7, 11) is 0. The Morgan fingerprint density at radius 1 is 1.29 bits per heavy atom. The Bertz CT molecular complexity index is 768. The number of carbonyl (C=O) groups is 1. The topological polar surface area (TPSA) is 88.8 Å². The number of hydrogen-bond donors (Lipinski definition) is 2. The molecular formula is C16H16Cl2N3O3+. The zero-order valence-electron chi connectivity index (χ0n) is 12.8. The highest BCUT2D eigenvalue weighted by Gasteiger charge is 2.18. The van der Waals surface area contributed by atoms with Gasteiger partial charge in [-0.15, -0.1) is 0 Å². The molecule has 0 bridgehead atoms. The predicted octanol–water partition coefficient (Wildman–Crippen LogP) is 3.16. The monoisotopic (exact) mass is 368 g/mol. The zero-order valence-corrected chi connectivity index (χ0v) is 14.3. The second kappa shape index (κ2) is 8.10. The molecule has 0 saturated heterocycles. The number of carbonyl (C=O) groups excluding carboxylic acids is 1. The van der Waals surface area contributed by atoms with Crippen molar-refractivity contribution in [2.24, 2.45) is 0 Å². The number of rotatable bonds is 6. The highest BCUT2D eigenvalue weighted by Crippen LogP contribution is 2.27. The molecule has 0 fully saturated rings. The van der Waals surface area contributed by atoms with Gasteiger partial charge < -0.3 is 10.6 Å². The van der Waals surface area contributed by atoms with Gasteiger partial charge in [-0.05, 0) is 25.1 Å². The number of nitro groups is 1. The van der Waals surface area contributed by atoms with Gasteiger partial charge in [-0.3, -0.25) is 14.9 Å². The number of hydrogen-bond acceptors (Lipinski definition) is 3. The summed E-state index contributed by atoms with van der Waals surface area (Å²) in [5, 5.41) is 16.2. The number of nitrogens with one attached hydrogen (secondary N) is 1. The molecule has 0 aromatic heterocycles. The number of halogens is 2. The third-order valence-electron chi connectivity index (χ3n) is 3.48. The molecule has 3 N–H and O–H groups in total. The van der Waals surface area contributed by atoms with E-state index in [9.17, 15) is 14.9 Å². The van der Waals surface area contributed by atoms with Crippen LogP contribution in [0.4, 0.5) is 11.4 Å². The lowest BCUT2D eigenvalue weighted by molar-refractivity contribution is -0.682. The molecule has 0 unspecified atom stereocenters. The summed E-state index contributed by atoms with van der Waals surface area (Å²) in [6.07, 6.45) is 0. The second-order valence-corrected chi connectivity index (χ2v) is 6.06. The van der Waals surface area contributed by atoms with Crippen molar-refractivity contribution in [1.29, 1.82) is 0 Å². The van der Waals surface area contributed by atoms with Crippen molar-refractivity contribution in [1.82, 2.24) is 0 Å². The van der Waals surface area contributed by atoms with E-state index in [4.69, 9.17) is 23.2 Å². The fraction of sp³-hybridized carbons (Fsp3) is 0.188. The van der Waals surface area contributed by atoms with E-state index in [0.29, 0.717) is 5.02 Å². The number of amides is 1. The maximum absolute atomic E-state index is 12.1. The number of anilines is 1. The third kappa shape index (κ3) is 4.67. The van der Waals surface area contributed by atoms with Crippen LogP contribution >= 0.6 is 23.2 Å². The van der Waals surface area contributed by atoms with Crippen molar-refractivity contribution in [3.63, 3.8) is 0 Å². The Balaban J connectivity index is 1.99. The summed E-state index contributed by atoms with van der Waals surface area (Å²) in [4.78, 5) is 22.5. The van der Waals surface area contributed by atoms with E-state index in [1.807, 2.05) is 25.1 Å². The van der Waals surface area contributed by atoms with Crippen LogP contribution in [0.15, 0.2) is 42.5 Å². The molecule has 1 amide bonds. The normalized spacial score (nSPS) is 11.8. The molecule has 2 aromatic carbocycles. The Hall–Kier alpha value is -2.15. The van der Waals surface area contributed by atoms with Crippen LogP contribution in [0.5, 0.6) is 0 Å². The van der Waals surface area contributed by atoms with Gasteiger partial charge in [0.2, 0.25) is 0 Å². The zero-order chi connectivity index (χ0) is 17.7. The van der Waals surface area contributed by atoms with Crippen molar-refractivity contribution in [2.45, 2.75) is 13.0 Å². The van der Waals surface area contributed by atoms with Crippen LogP contribution in [0.25, 0.3) is 0 Å². The van der Waals surface area contributed by atoms with E-state index in [1.165, 1.54) is 18.2 Å². The third-order valence-corrected chi connectivity index (χ3v) is 4.06. The van der Waals surface area contributed by atoms with E-state index < -0.39 is 4.92 Å². The quantitative estimate of drug-likeness (QED) is 0.606. The van der Waals surface area contributed by atoms with Crippen molar-refractivity contribution in [2.75, 3.05) is 11.9 Å². The average Bonchev–Trinajstić information content (AvgIpc) is 2.54. The van der Waals surface area contributed by atoms with E-state index in [-0.39, 0.29) is 34.9 Å². The van der Waals surface area contributed by atoms with Crippen LogP contribution in [-0.4, -0.2) is 17.4 Å². The summed E-state index contributed by atoms with van der Waals surface area (Å²) < 4.78 is 0. The standard InChI is InChI=1S/C16H15Cl2N3O3/c1-10(12-4-2-3-5-13(12)18)19-9-16(22)20-14-7-6-11(17)8-15(14)21(23)24/h2-8,10,19H,9H2,1H3,(H,20,22)/p+1/t10-/m0/s1. The Labute approximate surface area is 148 Å². The van der Waals surface area contributed by atoms with Crippen LogP contribution in [0.2, 0.25) is 10.0 Å². The minimum absolute atomic E-state index is 0.0235.